The summed E-state index contributed by atoms with van der Waals surface area (Å²) in [4.78, 5) is 3.17. The molecule has 2 N–H and O–H groups in total. The molecular formula is C14H14N4. The Labute approximate surface area is 105 Å². The molecule has 0 spiro atoms. The fourth-order valence-electron chi connectivity index (χ4n) is 1.85. The molecule has 0 saturated carbocycles. The molecule has 0 fully saturated rings. The summed E-state index contributed by atoms with van der Waals surface area (Å²) in [6.07, 6.45) is 5.64. The van der Waals surface area contributed by atoms with Gasteiger partial charge in [0.2, 0.25) is 0 Å². The largest absolute Gasteiger partial charge is 0.379 e. The molecule has 1 aromatic carbocycles. The fraction of sp³-hybridized carbons (Fsp3) is 0.0714. The minimum atomic E-state index is 0.787. The summed E-state index contributed by atoms with van der Waals surface area (Å²) in [5, 5.41) is 7.60. The van der Waals surface area contributed by atoms with E-state index in [0.29, 0.717) is 0 Å². The van der Waals surface area contributed by atoms with E-state index in [0.717, 1.165) is 17.9 Å². The third kappa shape index (κ3) is 2.27. The molecular weight excluding hydrogens is 224 g/mol. The Morgan fingerprint density at radius 2 is 2.17 bits per heavy atom. The van der Waals surface area contributed by atoms with Crippen molar-refractivity contribution in [3.63, 3.8) is 0 Å². The number of hydrogen-bond acceptors (Lipinski definition) is 2. The first kappa shape index (κ1) is 10.7. The second-order valence-corrected chi connectivity index (χ2v) is 4.05. The van der Waals surface area contributed by atoms with Crippen molar-refractivity contribution in [1.82, 2.24) is 14.8 Å². The molecule has 4 nitrogen and oxygen atoms in total. The van der Waals surface area contributed by atoms with Crippen LogP contribution in [0.1, 0.15) is 5.69 Å². The van der Waals surface area contributed by atoms with Gasteiger partial charge in [-0.2, -0.15) is 5.10 Å². The van der Waals surface area contributed by atoms with Crippen LogP contribution in [-0.2, 0) is 6.54 Å². The van der Waals surface area contributed by atoms with Crippen LogP contribution in [-0.4, -0.2) is 14.8 Å². The summed E-state index contributed by atoms with van der Waals surface area (Å²) in [5.41, 5.74) is 3.30. The number of anilines is 1. The number of rotatable bonds is 4. The van der Waals surface area contributed by atoms with E-state index in [2.05, 4.69) is 33.6 Å². The zero-order valence-electron chi connectivity index (χ0n) is 9.88. The molecule has 18 heavy (non-hydrogen) atoms. The summed E-state index contributed by atoms with van der Waals surface area (Å²) in [5.74, 6) is 0. The third-order valence-corrected chi connectivity index (χ3v) is 2.76. The molecule has 0 aliphatic carbocycles. The van der Waals surface area contributed by atoms with Gasteiger partial charge < -0.3 is 10.3 Å². The van der Waals surface area contributed by atoms with E-state index in [4.69, 9.17) is 0 Å². The fourth-order valence-corrected chi connectivity index (χ4v) is 1.85. The molecule has 0 amide bonds. The SMILES string of the molecule is c1cc(NCc2ccc[nH]2)cc(-n2cccn2)c1. The molecule has 3 rings (SSSR count). The monoisotopic (exact) mass is 238 g/mol. The minimum absolute atomic E-state index is 0.787. The molecule has 3 aromatic rings. The van der Waals surface area contributed by atoms with Gasteiger partial charge in [0.25, 0.3) is 0 Å². The van der Waals surface area contributed by atoms with E-state index >= 15 is 0 Å². The smallest absolute Gasteiger partial charge is 0.0666 e. The summed E-state index contributed by atoms with van der Waals surface area (Å²) in [7, 11) is 0. The standard InChI is InChI=1S/C14H14N4/c1-4-12(16-11-13-5-2-7-15-13)10-14(6-1)18-9-3-8-17-18/h1-10,15-16H,11H2. The van der Waals surface area contributed by atoms with Gasteiger partial charge >= 0.3 is 0 Å². The third-order valence-electron chi connectivity index (χ3n) is 2.76. The predicted octanol–water partition coefficient (Wildman–Crippen LogP) is 2.81. The number of nitrogens with one attached hydrogen (secondary N) is 2. The Morgan fingerprint density at radius 1 is 1.17 bits per heavy atom. The van der Waals surface area contributed by atoms with Gasteiger partial charge in [-0.1, -0.05) is 6.07 Å². The van der Waals surface area contributed by atoms with E-state index in [1.807, 2.05) is 41.3 Å². The lowest BCUT2D eigenvalue weighted by molar-refractivity contribution is 0.880. The number of aromatic amines is 1. The molecule has 4 heteroatoms. The van der Waals surface area contributed by atoms with Gasteiger partial charge in [0.15, 0.2) is 0 Å². The predicted molar refractivity (Wildman–Crippen MR) is 71.7 cm³/mol. The molecule has 0 aliphatic heterocycles. The topological polar surface area (TPSA) is 45.6 Å². The van der Waals surface area contributed by atoms with Gasteiger partial charge in [-0.25, -0.2) is 4.68 Å². The quantitative estimate of drug-likeness (QED) is 0.734. The van der Waals surface area contributed by atoms with Crippen LogP contribution in [0.3, 0.4) is 0 Å². The molecule has 90 valence electrons. The zero-order chi connectivity index (χ0) is 12.2. The Morgan fingerprint density at radius 3 is 2.94 bits per heavy atom. The number of hydrogen-bond donors (Lipinski definition) is 2. The zero-order valence-corrected chi connectivity index (χ0v) is 9.88. The molecule has 0 unspecified atom stereocenters. The van der Waals surface area contributed by atoms with Gasteiger partial charge in [0, 0.05) is 30.0 Å². The summed E-state index contributed by atoms with van der Waals surface area (Å²) in [6, 6.07) is 14.2. The van der Waals surface area contributed by atoms with Crippen LogP contribution >= 0.6 is 0 Å². The number of aromatic nitrogens is 3. The number of H-pyrrole nitrogens is 1. The Hall–Kier alpha value is -2.49. The summed E-state index contributed by atoms with van der Waals surface area (Å²) >= 11 is 0. The van der Waals surface area contributed by atoms with E-state index < -0.39 is 0 Å². The van der Waals surface area contributed by atoms with Gasteiger partial charge in [-0.05, 0) is 36.4 Å². The number of benzene rings is 1. The Bertz CT molecular complexity index is 597. The van der Waals surface area contributed by atoms with Crippen LogP contribution in [0.4, 0.5) is 5.69 Å². The Balaban J connectivity index is 1.75. The first-order valence-corrected chi connectivity index (χ1v) is 5.88. The maximum atomic E-state index is 4.22. The first-order chi connectivity index (χ1) is 8.92. The lowest BCUT2D eigenvalue weighted by atomic mass is 10.2. The Kier molecular flexibility index (Phi) is 2.84. The van der Waals surface area contributed by atoms with E-state index in [1.165, 1.54) is 5.69 Å². The van der Waals surface area contributed by atoms with Crippen LogP contribution in [0, 0.1) is 0 Å². The van der Waals surface area contributed by atoms with Gasteiger partial charge in [-0.15, -0.1) is 0 Å². The molecule has 2 heterocycles. The van der Waals surface area contributed by atoms with Crippen molar-refractivity contribution >= 4 is 5.69 Å². The van der Waals surface area contributed by atoms with Crippen LogP contribution in [0.5, 0.6) is 0 Å². The van der Waals surface area contributed by atoms with Gasteiger partial charge in [0.1, 0.15) is 0 Å². The van der Waals surface area contributed by atoms with Crippen LogP contribution in [0.25, 0.3) is 5.69 Å². The molecule has 0 radical (unpaired) electrons. The lowest BCUT2D eigenvalue weighted by Gasteiger charge is -2.07. The maximum Gasteiger partial charge on any atom is 0.0666 e. The van der Waals surface area contributed by atoms with Crippen LogP contribution in [0.15, 0.2) is 61.1 Å². The highest BCUT2D eigenvalue weighted by Gasteiger charge is 1.98. The van der Waals surface area contributed by atoms with Crippen LogP contribution < -0.4 is 5.32 Å². The van der Waals surface area contributed by atoms with E-state index in [-0.39, 0.29) is 0 Å². The highest BCUT2D eigenvalue weighted by Crippen LogP contribution is 2.14. The molecule has 0 saturated heterocycles. The normalized spacial score (nSPS) is 10.4. The van der Waals surface area contributed by atoms with Crippen molar-refractivity contribution in [2.75, 3.05) is 5.32 Å². The van der Waals surface area contributed by atoms with Crippen molar-refractivity contribution in [2.24, 2.45) is 0 Å². The molecule has 0 atom stereocenters. The molecule has 0 aliphatic rings. The minimum Gasteiger partial charge on any atom is -0.379 e. The van der Waals surface area contributed by atoms with Crippen molar-refractivity contribution in [3.05, 3.63) is 66.7 Å². The summed E-state index contributed by atoms with van der Waals surface area (Å²) < 4.78 is 1.85. The highest BCUT2D eigenvalue weighted by molar-refractivity contribution is 5.50. The second-order valence-electron chi connectivity index (χ2n) is 4.05. The second kappa shape index (κ2) is 4.79. The summed E-state index contributed by atoms with van der Waals surface area (Å²) in [6.45, 7) is 0.787. The van der Waals surface area contributed by atoms with Gasteiger partial charge in [0.05, 0.1) is 12.2 Å². The average Bonchev–Trinajstić information content (AvgIpc) is 3.10. The van der Waals surface area contributed by atoms with Crippen LogP contribution in [0.2, 0.25) is 0 Å². The van der Waals surface area contributed by atoms with Crippen molar-refractivity contribution in [1.29, 1.82) is 0 Å². The maximum absolute atomic E-state index is 4.22. The van der Waals surface area contributed by atoms with Crippen molar-refractivity contribution < 1.29 is 0 Å². The molecule has 2 aromatic heterocycles. The van der Waals surface area contributed by atoms with E-state index in [9.17, 15) is 0 Å². The van der Waals surface area contributed by atoms with Gasteiger partial charge in [-0.3, -0.25) is 0 Å². The van der Waals surface area contributed by atoms with Crippen molar-refractivity contribution in [3.8, 4) is 5.69 Å². The number of nitrogens with zero attached hydrogens (tertiary/aromatic N) is 2. The first-order valence-electron chi connectivity index (χ1n) is 5.88. The lowest BCUT2D eigenvalue weighted by Crippen LogP contribution is -2.01. The highest BCUT2D eigenvalue weighted by atomic mass is 15.3. The molecule has 0 bridgehead atoms. The average molecular weight is 238 g/mol. The van der Waals surface area contributed by atoms with E-state index in [1.54, 1.807) is 6.20 Å². The van der Waals surface area contributed by atoms with Crippen molar-refractivity contribution in [2.45, 2.75) is 6.54 Å².